The highest BCUT2D eigenvalue weighted by Gasteiger charge is 2.29. The molecule has 2 amide bonds. The first-order valence-electron chi connectivity index (χ1n) is 9.37. The van der Waals surface area contributed by atoms with Gasteiger partial charge in [-0.05, 0) is 43.5 Å². The summed E-state index contributed by atoms with van der Waals surface area (Å²) in [6.07, 6.45) is 2.89. The minimum Gasteiger partial charge on any atom is -0.493 e. The normalized spacial score (nSPS) is 14.4. The van der Waals surface area contributed by atoms with E-state index in [4.69, 9.17) is 21.1 Å². The van der Waals surface area contributed by atoms with Crippen molar-refractivity contribution >= 4 is 29.2 Å². The first-order chi connectivity index (χ1) is 13.9. The van der Waals surface area contributed by atoms with E-state index in [1.54, 1.807) is 29.3 Å². The quantitative estimate of drug-likeness (QED) is 0.804. The van der Waals surface area contributed by atoms with E-state index in [1.807, 2.05) is 13.0 Å². The number of nitrogens with zero attached hydrogens (tertiary/aromatic N) is 2. The van der Waals surface area contributed by atoms with Gasteiger partial charge in [-0.25, -0.2) is 4.98 Å². The van der Waals surface area contributed by atoms with Crippen molar-refractivity contribution < 1.29 is 19.1 Å². The fraction of sp³-hybridized carbons (Fsp3) is 0.381. The Hall–Kier alpha value is -2.80. The van der Waals surface area contributed by atoms with E-state index in [9.17, 15) is 9.59 Å². The second-order valence-electron chi connectivity index (χ2n) is 6.97. The second kappa shape index (κ2) is 9.13. The van der Waals surface area contributed by atoms with Crippen LogP contribution in [-0.2, 0) is 4.79 Å². The summed E-state index contributed by atoms with van der Waals surface area (Å²) in [5.41, 5.74) is 1.46. The molecular formula is C21H24ClN3O4. The number of piperidine rings is 1. The zero-order chi connectivity index (χ0) is 21.0. The van der Waals surface area contributed by atoms with Gasteiger partial charge in [0.25, 0.3) is 5.91 Å². The Morgan fingerprint density at radius 3 is 2.48 bits per heavy atom. The lowest BCUT2D eigenvalue weighted by molar-refractivity contribution is -0.121. The molecule has 7 nitrogen and oxygen atoms in total. The van der Waals surface area contributed by atoms with Crippen LogP contribution in [0.3, 0.4) is 0 Å². The number of methoxy groups -OCH3 is 2. The summed E-state index contributed by atoms with van der Waals surface area (Å²) in [7, 11) is 2.99. The van der Waals surface area contributed by atoms with Gasteiger partial charge in [-0.2, -0.15) is 0 Å². The Labute approximate surface area is 175 Å². The Morgan fingerprint density at radius 2 is 1.90 bits per heavy atom. The molecule has 29 heavy (non-hydrogen) atoms. The third-order valence-corrected chi connectivity index (χ3v) is 5.28. The van der Waals surface area contributed by atoms with E-state index in [0.717, 1.165) is 5.56 Å². The molecule has 154 valence electrons. The number of aryl methyl sites for hydroxylation is 1. The number of benzene rings is 1. The zero-order valence-electron chi connectivity index (χ0n) is 16.7. The maximum atomic E-state index is 12.9. The molecule has 2 heterocycles. The van der Waals surface area contributed by atoms with Gasteiger partial charge in [0.05, 0.1) is 19.2 Å². The number of amides is 2. The highest BCUT2D eigenvalue weighted by molar-refractivity contribution is 6.32. The zero-order valence-corrected chi connectivity index (χ0v) is 17.5. The summed E-state index contributed by atoms with van der Waals surface area (Å²) in [6, 6.07) is 6.88. The molecule has 0 unspecified atom stereocenters. The number of ether oxygens (including phenoxy) is 2. The molecular weight excluding hydrogens is 394 g/mol. The minimum atomic E-state index is -0.156. The standard InChI is InChI=1S/C21H24ClN3O4/c1-13-4-5-18(23-12-13)24-20(26)14-6-8-25(9-7-14)21(27)15-10-16(22)19(29-3)17(11-15)28-2/h4-5,10-12,14H,6-9H2,1-3H3,(H,23,24,26). The number of hydrogen-bond donors (Lipinski definition) is 1. The third-order valence-electron chi connectivity index (χ3n) is 5.00. The summed E-state index contributed by atoms with van der Waals surface area (Å²) in [5, 5.41) is 3.16. The average Bonchev–Trinajstić information content (AvgIpc) is 2.74. The van der Waals surface area contributed by atoms with Crippen LogP contribution in [0.4, 0.5) is 5.82 Å². The molecule has 1 fully saturated rings. The molecule has 0 spiro atoms. The number of carbonyl (C=O) groups is 2. The first kappa shape index (κ1) is 20.9. The van der Waals surface area contributed by atoms with Crippen molar-refractivity contribution in [2.45, 2.75) is 19.8 Å². The van der Waals surface area contributed by atoms with Gasteiger partial charge >= 0.3 is 0 Å². The molecule has 1 aromatic carbocycles. The van der Waals surface area contributed by atoms with E-state index < -0.39 is 0 Å². The maximum Gasteiger partial charge on any atom is 0.254 e. The Kier molecular flexibility index (Phi) is 6.59. The molecule has 0 radical (unpaired) electrons. The maximum absolute atomic E-state index is 12.9. The number of anilines is 1. The Bertz CT molecular complexity index is 894. The van der Waals surface area contributed by atoms with Crippen LogP contribution >= 0.6 is 11.6 Å². The van der Waals surface area contributed by atoms with Crippen LogP contribution in [0, 0.1) is 12.8 Å². The van der Waals surface area contributed by atoms with E-state index >= 15 is 0 Å². The van der Waals surface area contributed by atoms with Gasteiger partial charge in [0.15, 0.2) is 11.5 Å². The van der Waals surface area contributed by atoms with E-state index in [0.29, 0.717) is 53.8 Å². The number of halogens is 1. The van der Waals surface area contributed by atoms with Crippen LogP contribution in [-0.4, -0.2) is 49.0 Å². The Balaban J connectivity index is 1.61. The summed E-state index contributed by atoms with van der Waals surface area (Å²) < 4.78 is 10.5. The SMILES string of the molecule is COc1cc(C(=O)N2CCC(C(=O)Nc3ccc(C)cn3)CC2)cc(Cl)c1OC. The van der Waals surface area contributed by atoms with Gasteiger partial charge in [0, 0.05) is 30.8 Å². The predicted molar refractivity (Wildman–Crippen MR) is 111 cm³/mol. The number of hydrogen-bond acceptors (Lipinski definition) is 5. The van der Waals surface area contributed by atoms with Gasteiger partial charge in [0.1, 0.15) is 5.82 Å². The van der Waals surface area contributed by atoms with Crippen molar-refractivity contribution in [3.63, 3.8) is 0 Å². The van der Waals surface area contributed by atoms with Crippen LogP contribution < -0.4 is 14.8 Å². The number of nitrogens with one attached hydrogen (secondary N) is 1. The summed E-state index contributed by atoms with van der Waals surface area (Å²) in [5.74, 6) is 0.971. The fourth-order valence-electron chi connectivity index (χ4n) is 3.34. The molecule has 3 rings (SSSR count). The molecule has 1 aliphatic heterocycles. The second-order valence-corrected chi connectivity index (χ2v) is 7.38. The molecule has 0 saturated carbocycles. The molecule has 2 aromatic rings. The van der Waals surface area contributed by atoms with Crippen molar-refractivity contribution in [2.75, 3.05) is 32.6 Å². The smallest absolute Gasteiger partial charge is 0.254 e. The largest absolute Gasteiger partial charge is 0.493 e. The van der Waals surface area contributed by atoms with Gasteiger partial charge in [-0.15, -0.1) is 0 Å². The first-order valence-corrected chi connectivity index (χ1v) is 9.75. The molecule has 8 heteroatoms. The molecule has 0 bridgehead atoms. The number of pyridine rings is 1. The third kappa shape index (κ3) is 4.79. The van der Waals surface area contributed by atoms with E-state index in [-0.39, 0.29) is 17.7 Å². The average molecular weight is 418 g/mol. The number of likely N-dealkylation sites (tertiary alicyclic amines) is 1. The lowest BCUT2D eigenvalue weighted by Crippen LogP contribution is -2.41. The van der Waals surface area contributed by atoms with Crippen molar-refractivity contribution in [1.29, 1.82) is 0 Å². The van der Waals surface area contributed by atoms with Crippen LogP contribution in [0.5, 0.6) is 11.5 Å². The van der Waals surface area contributed by atoms with Crippen molar-refractivity contribution in [3.05, 3.63) is 46.6 Å². The van der Waals surface area contributed by atoms with Crippen molar-refractivity contribution in [1.82, 2.24) is 9.88 Å². The molecule has 1 aliphatic rings. The number of carbonyl (C=O) groups excluding carboxylic acids is 2. The van der Waals surface area contributed by atoms with Crippen LogP contribution in [0.25, 0.3) is 0 Å². The van der Waals surface area contributed by atoms with Crippen LogP contribution in [0.1, 0.15) is 28.8 Å². The summed E-state index contributed by atoms with van der Waals surface area (Å²) >= 11 is 6.21. The summed E-state index contributed by atoms with van der Waals surface area (Å²) in [6.45, 7) is 2.92. The molecule has 1 saturated heterocycles. The van der Waals surface area contributed by atoms with Gasteiger partial charge in [-0.1, -0.05) is 17.7 Å². The van der Waals surface area contributed by atoms with Gasteiger partial charge < -0.3 is 19.7 Å². The number of rotatable bonds is 5. The van der Waals surface area contributed by atoms with Crippen molar-refractivity contribution in [2.24, 2.45) is 5.92 Å². The lowest BCUT2D eigenvalue weighted by Gasteiger charge is -2.31. The predicted octanol–water partition coefficient (Wildman–Crippen LogP) is 3.55. The molecule has 1 N–H and O–H groups in total. The van der Waals surface area contributed by atoms with Crippen LogP contribution in [0.15, 0.2) is 30.5 Å². The molecule has 1 aromatic heterocycles. The van der Waals surface area contributed by atoms with E-state index in [2.05, 4.69) is 10.3 Å². The highest BCUT2D eigenvalue weighted by Crippen LogP contribution is 2.36. The Morgan fingerprint density at radius 1 is 1.17 bits per heavy atom. The highest BCUT2D eigenvalue weighted by atomic mass is 35.5. The van der Waals surface area contributed by atoms with E-state index in [1.165, 1.54) is 14.2 Å². The van der Waals surface area contributed by atoms with Gasteiger partial charge in [-0.3, -0.25) is 9.59 Å². The number of aromatic nitrogens is 1. The lowest BCUT2D eigenvalue weighted by atomic mass is 9.95. The van der Waals surface area contributed by atoms with Crippen molar-refractivity contribution in [3.8, 4) is 11.5 Å². The van der Waals surface area contributed by atoms with Crippen LogP contribution in [0.2, 0.25) is 5.02 Å². The fourth-order valence-corrected chi connectivity index (χ4v) is 3.63. The topological polar surface area (TPSA) is 80.8 Å². The summed E-state index contributed by atoms with van der Waals surface area (Å²) in [4.78, 5) is 31.3. The molecule has 0 aliphatic carbocycles. The minimum absolute atomic E-state index is 0.0670. The van der Waals surface area contributed by atoms with Gasteiger partial charge in [0.2, 0.25) is 5.91 Å². The monoisotopic (exact) mass is 417 g/mol. The molecule has 0 atom stereocenters.